The van der Waals surface area contributed by atoms with Gasteiger partial charge < -0.3 is 10.2 Å². The normalized spacial score (nSPS) is 15.4. The van der Waals surface area contributed by atoms with Gasteiger partial charge in [-0.05, 0) is 51.7 Å². The van der Waals surface area contributed by atoms with Crippen LogP contribution in [-0.4, -0.2) is 13.1 Å². The Hall–Kier alpha value is -1.32. The van der Waals surface area contributed by atoms with Gasteiger partial charge in [0.05, 0.1) is 5.69 Å². The van der Waals surface area contributed by atoms with E-state index in [1.165, 1.54) is 26.9 Å². The van der Waals surface area contributed by atoms with E-state index in [4.69, 9.17) is 0 Å². The largest absolute Gasteiger partial charge is 0.365 e. The summed E-state index contributed by atoms with van der Waals surface area (Å²) in [6.45, 7) is 6.10. The highest BCUT2D eigenvalue weighted by atomic mass is 79.9. The molecule has 2 nitrogen and oxygen atoms in total. The lowest BCUT2D eigenvalue weighted by Gasteiger charge is -2.29. The lowest BCUT2D eigenvalue weighted by atomic mass is 10.1. The number of nitrogens with one attached hydrogen (secondary N) is 1. The van der Waals surface area contributed by atoms with Crippen molar-refractivity contribution in [1.29, 1.82) is 0 Å². The molecule has 0 saturated heterocycles. The summed E-state index contributed by atoms with van der Waals surface area (Å²) < 4.78 is 1.18. The predicted molar refractivity (Wildman–Crippen MR) is 88.1 cm³/mol. The van der Waals surface area contributed by atoms with Gasteiger partial charge in [0.25, 0.3) is 0 Å². The van der Waals surface area contributed by atoms with Gasteiger partial charge in [0.1, 0.15) is 0 Å². The standard InChI is InChI=1S/C17H19BrN2/c1-13-6-7-17(16(18)10-13)20-9-8-19-11-14-4-2-3-5-15(14)12-20/h2-7,10,19H,8-9,11-12H2,1H3. The lowest BCUT2D eigenvalue weighted by Crippen LogP contribution is -2.34. The minimum atomic E-state index is 0.971. The first-order chi connectivity index (χ1) is 9.74. The van der Waals surface area contributed by atoms with Crippen LogP contribution in [0.15, 0.2) is 46.9 Å². The highest BCUT2D eigenvalue weighted by Crippen LogP contribution is 2.29. The molecular formula is C17H19BrN2. The van der Waals surface area contributed by atoms with E-state index in [2.05, 4.69) is 75.5 Å². The van der Waals surface area contributed by atoms with Crippen LogP contribution in [0.1, 0.15) is 16.7 Å². The second-order valence-corrected chi connectivity index (χ2v) is 6.18. The van der Waals surface area contributed by atoms with Crippen molar-refractivity contribution in [2.45, 2.75) is 20.0 Å². The molecule has 20 heavy (non-hydrogen) atoms. The minimum Gasteiger partial charge on any atom is -0.365 e. The first-order valence-corrected chi connectivity index (χ1v) is 7.82. The van der Waals surface area contributed by atoms with Crippen molar-refractivity contribution in [2.75, 3.05) is 18.0 Å². The highest BCUT2D eigenvalue weighted by Gasteiger charge is 2.14. The van der Waals surface area contributed by atoms with Gasteiger partial charge in [0.2, 0.25) is 0 Å². The van der Waals surface area contributed by atoms with Crippen molar-refractivity contribution in [3.63, 3.8) is 0 Å². The third-order valence-corrected chi connectivity index (χ3v) is 4.43. The van der Waals surface area contributed by atoms with Gasteiger partial charge in [-0.15, -0.1) is 0 Å². The molecule has 0 aromatic heterocycles. The number of benzene rings is 2. The molecular weight excluding hydrogens is 312 g/mol. The van der Waals surface area contributed by atoms with Gasteiger partial charge in [-0.25, -0.2) is 0 Å². The Morgan fingerprint density at radius 2 is 1.90 bits per heavy atom. The fourth-order valence-corrected chi connectivity index (χ4v) is 3.42. The Labute approximate surface area is 128 Å². The van der Waals surface area contributed by atoms with Crippen molar-refractivity contribution in [3.8, 4) is 0 Å². The molecule has 0 unspecified atom stereocenters. The molecule has 0 fully saturated rings. The molecule has 2 aromatic carbocycles. The van der Waals surface area contributed by atoms with Gasteiger partial charge in [0.15, 0.2) is 0 Å². The third-order valence-electron chi connectivity index (χ3n) is 3.80. The van der Waals surface area contributed by atoms with E-state index in [0.29, 0.717) is 0 Å². The lowest BCUT2D eigenvalue weighted by molar-refractivity contribution is 0.631. The first-order valence-electron chi connectivity index (χ1n) is 7.02. The Bertz CT molecular complexity index is 610. The van der Waals surface area contributed by atoms with Crippen LogP contribution in [0.4, 0.5) is 5.69 Å². The molecule has 1 aliphatic heterocycles. The van der Waals surface area contributed by atoms with Crippen LogP contribution in [0.5, 0.6) is 0 Å². The van der Waals surface area contributed by atoms with Crippen LogP contribution in [0.2, 0.25) is 0 Å². The summed E-state index contributed by atoms with van der Waals surface area (Å²) in [7, 11) is 0. The van der Waals surface area contributed by atoms with E-state index in [1.807, 2.05) is 0 Å². The van der Waals surface area contributed by atoms with Gasteiger partial charge in [-0.1, -0.05) is 30.3 Å². The monoisotopic (exact) mass is 330 g/mol. The summed E-state index contributed by atoms with van der Waals surface area (Å²) in [6, 6.07) is 15.3. The number of fused-ring (bicyclic) bond motifs is 1. The molecule has 3 rings (SSSR count). The molecule has 0 aliphatic carbocycles. The molecule has 3 heteroatoms. The summed E-state index contributed by atoms with van der Waals surface area (Å²) in [6.07, 6.45) is 0. The Kier molecular flexibility index (Phi) is 4.08. The van der Waals surface area contributed by atoms with Crippen molar-refractivity contribution in [2.24, 2.45) is 0 Å². The Morgan fingerprint density at radius 3 is 2.70 bits per heavy atom. The number of halogens is 1. The molecule has 104 valence electrons. The molecule has 0 radical (unpaired) electrons. The van der Waals surface area contributed by atoms with Gasteiger partial charge in [0, 0.05) is 30.7 Å². The molecule has 2 aromatic rings. The van der Waals surface area contributed by atoms with Crippen LogP contribution in [-0.2, 0) is 13.1 Å². The van der Waals surface area contributed by atoms with E-state index in [0.717, 1.165) is 26.2 Å². The zero-order chi connectivity index (χ0) is 13.9. The molecule has 0 spiro atoms. The molecule has 0 atom stereocenters. The zero-order valence-corrected chi connectivity index (χ0v) is 13.3. The molecule has 0 bridgehead atoms. The van der Waals surface area contributed by atoms with Crippen molar-refractivity contribution in [1.82, 2.24) is 5.32 Å². The number of aryl methyl sites for hydroxylation is 1. The number of rotatable bonds is 1. The van der Waals surface area contributed by atoms with Crippen LogP contribution in [0, 0.1) is 6.92 Å². The van der Waals surface area contributed by atoms with E-state index < -0.39 is 0 Å². The van der Waals surface area contributed by atoms with E-state index in [9.17, 15) is 0 Å². The molecule has 0 saturated carbocycles. The Morgan fingerprint density at radius 1 is 1.10 bits per heavy atom. The summed E-state index contributed by atoms with van der Waals surface area (Å²) in [5.41, 5.74) is 5.37. The summed E-state index contributed by atoms with van der Waals surface area (Å²) in [5.74, 6) is 0. The van der Waals surface area contributed by atoms with Crippen LogP contribution < -0.4 is 10.2 Å². The summed E-state index contributed by atoms with van der Waals surface area (Å²) >= 11 is 3.71. The topological polar surface area (TPSA) is 15.3 Å². The fourth-order valence-electron chi connectivity index (χ4n) is 2.68. The average molecular weight is 331 g/mol. The Balaban J connectivity index is 1.94. The number of hydrogen-bond donors (Lipinski definition) is 1. The summed E-state index contributed by atoms with van der Waals surface area (Å²) in [4.78, 5) is 2.44. The molecule has 1 N–H and O–H groups in total. The maximum absolute atomic E-state index is 3.71. The fraction of sp³-hybridized carbons (Fsp3) is 0.294. The quantitative estimate of drug-likeness (QED) is 0.853. The van der Waals surface area contributed by atoms with Gasteiger partial charge >= 0.3 is 0 Å². The minimum absolute atomic E-state index is 0.971. The SMILES string of the molecule is Cc1ccc(N2CCNCc3ccccc3C2)c(Br)c1. The summed E-state index contributed by atoms with van der Waals surface area (Å²) in [5, 5.41) is 3.52. The van der Waals surface area contributed by atoms with Crippen LogP contribution >= 0.6 is 15.9 Å². The van der Waals surface area contributed by atoms with Crippen molar-refractivity contribution in [3.05, 3.63) is 63.6 Å². The van der Waals surface area contributed by atoms with E-state index in [1.54, 1.807) is 0 Å². The average Bonchev–Trinajstić information content (AvgIpc) is 2.40. The zero-order valence-electron chi connectivity index (χ0n) is 11.7. The maximum atomic E-state index is 3.71. The smallest absolute Gasteiger partial charge is 0.0514 e. The molecule has 1 heterocycles. The number of hydrogen-bond acceptors (Lipinski definition) is 2. The van der Waals surface area contributed by atoms with Crippen LogP contribution in [0.3, 0.4) is 0 Å². The number of nitrogens with zero attached hydrogens (tertiary/aromatic N) is 1. The predicted octanol–water partition coefficient (Wildman–Crippen LogP) is 3.87. The van der Waals surface area contributed by atoms with Gasteiger partial charge in [-0.2, -0.15) is 0 Å². The third kappa shape index (κ3) is 2.89. The molecule has 0 amide bonds. The molecule has 1 aliphatic rings. The van der Waals surface area contributed by atoms with E-state index >= 15 is 0 Å². The van der Waals surface area contributed by atoms with Gasteiger partial charge in [-0.3, -0.25) is 0 Å². The second kappa shape index (κ2) is 5.98. The highest BCUT2D eigenvalue weighted by molar-refractivity contribution is 9.10. The number of anilines is 1. The maximum Gasteiger partial charge on any atom is 0.0514 e. The van der Waals surface area contributed by atoms with E-state index in [-0.39, 0.29) is 0 Å². The second-order valence-electron chi connectivity index (χ2n) is 5.32. The van der Waals surface area contributed by atoms with Crippen molar-refractivity contribution < 1.29 is 0 Å². The van der Waals surface area contributed by atoms with Crippen molar-refractivity contribution >= 4 is 21.6 Å². The first kappa shape index (κ1) is 13.7. The van der Waals surface area contributed by atoms with Crippen LogP contribution in [0.25, 0.3) is 0 Å².